The summed E-state index contributed by atoms with van der Waals surface area (Å²) in [6, 6.07) is 10.7. The van der Waals surface area contributed by atoms with Crippen molar-refractivity contribution in [2.45, 2.75) is 32.2 Å². The van der Waals surface area contributed by atoms with E-state index in [9.17, 15) is 4.79 Å². The molecule has 4 heteroatoms. The van der Waals surface area contributed by atoms with E-state index in [-0.39, 0.29) is 5.91 Å². The summed E-state index contributed by atoms with van der Waals surface area (Å²) in [6.45, 7) is 2.78. The van der Waals surface area contributed by atoms with Gasteiger partial charge in [0.1, 0.15) is 4.88 Å². The summed E-state index contributed by atoms with van der Waals surface area (Å²) in [5.74, 6) is 0.156. The normalized spacial score (nSPS) is 18.4. The standard InChI is InChI=1S/C16H18N2OS/c1-12-15(20-11-17-12)16(19)18-9-5-8-14(18)10-13-6-3-2-4-7-13/h2-4,6-7,11,14H,5,8-10H2,1H3. The molecule has 0 spiro atoms. The van der Waals surface area contributed by atoms with Gasteiger partial charge < -0.3 is 4.90 Å². The second-order valence-corrected chi connectivity index (χ2v) is 6.11. The highest BCUT2D eigenvalue weighted by molar-refractivity contribution is 7.11. The van der Waals surface area contributed by atoms with Crippen LogP contribution in [0.25, 0.3) is 0 Å². The molecule has 3 nitrogen and oxygen atoms in total. The number of hydrogen-bond donors (Lipinski definition) is 0. The van der Waals surface area contributed by atoms with E-state index in [2.05, 4.69) is 29.2 Å². The molecule has 2 aromatic rings. The van der Waals surface area contributed by atoms with E-state index >= 15 is 0 Å². The molecule has 1 aliphatic heterocycles. The Kier molecular flexibility index (Phi) is 3.83. The maximum absolute atomic E-state index is 12.6. The number of thiazole rings is 1. The summed E-state index contributed by atoms with van der Waals surface area (Å²) in [6.07, 6.45) is 3.14. The summed E-state index contributed by atoms with van der Waals surface area (Å²) in [5, 5.41) is 0. The van der Waals surface area contributed by atoms with Crippen LogP contribution in [0, 0.1) is 6.92 Å². The fraction of sp³-hybridized carbons (Fsp3) is 0.375. The highest BCUT2D eigenvalue weighted by Crippen LogP contribution is 2.25. The van der Waals surface area contributed by atoms with Crippen LogP contribution >= 0.6 is 11.3 Å². The predicted molar refractivity (Wildman–Crippen MR) is 81.1 cm³/mol. The molecular formula is C16H18N2OS. The van der Waals surface area contributed by atoms with E-state index in [4.69, 9.17) is 0 Å². The Balaban J connectivity index is 1.76. The van der Waals surface area contributed by atoms with Crippen molar-refractivity contribution >= 4 is 17.2 Å². The van der Waals surface area contributed by atoms with Crippen LogP contribution in [-0.4, -0.2) is 28.4 Å². The topological polar surface area (TPSA) is 33.2 Å². The van der Waals surface area contributed by atoms with E-state index in [0.717, 1.165) is 36.4 Å². The molecule has 1 saturated heterocycles. The average Bonchev–Trinajstić information content (AvgIpc) is 3.08. The Morgan fingerprint density at radius 1 is 1.40 bits per heavy atom. The lowest BCUT2D eigenvalue weighted by Crippen LogP contribution is -2.36. The number of carbonyl (C=O) groups is 1. The zero-order valence-electron chi connectivity index (χ0n) is 11.6. The van der Waals surface area contributed by atoms with Crippen molar-refractivity contribution in [2.75, 3.05) is 6.54 Å². The van der Waals surface area contributed by atoms with E-state index in [0.29, 0.717) is 6.04 Å². The quantitative estimate of drug-likeness (QED) is 0.867. The zero-order valence-corrected chi connectivity index (χ0v) is 12.4. The van der Waals surface area contributed by atoms with Crippen LogP contribution < -0.4 is 0 Å². The fourth-order valence-corrected chi connectivity index (χ4v) is 3.60. The molecule has 0 N–H and O–H groups in total. The van der Waals surface area contributed by atoms with Crippen molar-refractivity contribution in [3.05, 3.63) is 52.0 Å². The Hall–Kier alpha value is -1.68. The fourth-order valence-electron chi connectivity index (χ4n) is 2.84. The number of rotatable bonds is 3. The number of benzene rings is 1. The summed E-state index contributed by atoms with van der Waals surface area (Å²) in [4.78, 5) is 19.6. The van der Waals surface area contributed by atoms with Crippen molar-refractivity contribution in [1.82, 2.24) is 9.88 Å². The molecule has 3 rings (SSSR count). The highest BCUT2D eigenvalue weighted by atomic mass is 32.1. The van der Waals surface area contributed by atoms with E-state index in [1.165, 1.54) is 16.9 Å². The van der Waals surface area contributed by atoms with Crippen molar-refractivity contribution in [3.63, 3.8) is 0 Å². The largest absolute Gasteiger partial charge is 0.335 e. The van der Waals surface area contributed by atoms with Gasteiger partial charge in [0.05, 0.1) is 11.2 Å². The first-order valence-electron chi connectivity index (χ1n) is 7.00. The van der Waals surface area contributed by atoms with E-state index in [1.54, 1.807) is 5.51 Å². The second kappa shape index (κ2) is 5.75. The third-order valence-electron chi connectivity index (χ3n) is 3.89. The van der Waals surface area contributed by atoms with Gasteiger partial charge in [0, 0.05) is 12.6 Å². The Labute approximate surface area is 123 Å². The lowest BCUT2D eigenvalue weighted by molar-refractivity contribution is 0.0740. The summed E-state index contributed by atoms with van der Waals surface area (Å²) < 4.78 is 0. The molecule has 1 unspecified atom stereocenters. The van der Waals surface area contributed by atoms with Crippen molar-refractivity contribution in [2.24, 2.45) is 0 Å². The van der Waals surface area contributed by atoms with Crippen molar-refractivity contribution in [1.29, 1.82) is 0 Å². The van der Waals surface area contributed by atoms with Crippen LogP contribution in [0.5, 0.6) is 0 Å². The van der Waals surface area contributed by atoms with Gasteiger partial charge in [-0.25, -0.2) is 4.98 Å². The Bertz CT molecular complexity index is 594. The first-order valence-corrected chi connectivity index (χ1v) is 7.88. The van der Waals surface area contributed by atoms with Crippen molar-refractivity contribution < 1.29 is 4.79 Å². The lowest BCUT2D eigenvalue weighted by atomic mass is 10.0. The number of likely N-dealkylation sites (tertiary alicyclic amines) is 1. The first kappa shape index (κ1) is 13.3. The number of carbonyl (C=O) groups excluding carboxylic acids is 1. The van der Waals surface area contributed by atoms with Crippen LogP contribution in [-0.2, 0) is 6.42 Å². The van der Waals surface area contributed by atoms with Gasteiger partial charge in [-0.1, -0.05) is 30.3 Å². The molecular weight excluding hydrogens is 268 g/mol. The SMILES string of the molecule is Cc1ncsc1C(=O)N1CCCC1Cc1ccccc1. The first-order chi connectivity index (χ1) is 9.75. The number of nitrogens with zero attached hydrogens (tertiary/aromatic N) is 2. The van der Waals surface area contributed by atoms with Gasteiger partial charge >= 0.3 is 0 Å². The number of hydrogen-bond acceptors (Lipinski definition) is 3. The van der Waals surface area contributed by atoms with Gasteiger partial charge in [-0.15, -0.1) is 11.3 Å². The monoisotopic (exact) mass is 286 g/mol. The van der Waals surface area contributed by atoms with Crippen LogP contribution in [0.1, 0.15) is 33.8 Å². The van der Waals surface area contributed by atoms with Crippen LogP contribution in [0.15, 0.2) is 35.8 Å². The molecule has 2 heterocycles. The molecule has 0 aliphatic carbocycles. The van der Waals surface area contributed by atoms with Crippen LogP contribution in [0.4, 0.5) is 0 Å². The average molecular weight is 286 g/mol. The molecule has 0 bridgehead atoms. The Morgan fingerprint density at radius 3 is 2.90 bits per heavy atom. The molecule has 0 radical (unpaired) electrons. The third kappa shape index (κ3) is 2.61. The molecule has 1 aromatic carbocycles. The molecule has 1 fully saturated rings. The number of aryl methyl sites for hydroxylation is 1. The maximum Gasteiger partial charge on any atom is 0.266 e. The predicted octanol–water partition coefficient (Wildman–Crippen LogP) is 3.30. The van der Waals surface area contributed by atoms with E-state index < -0.39 is 0 Å². The van der Waals surface area contributed by atoms with Gasteiger partial charge in [0.2, 0.25) is 0 Å². The van der Waals surface area contributed by atoms with Gasteiger partial charge in [0.15, 0.2) is 0 Å². The minimum atomic E-state index is 0.156. The van der Waals surface area contributed by atoms with E-state index in [1.807, 2.05) is 17.9 Å². The maximum atomic E-state index is 12.6. The lowest BCUT2D eigenvalue weighted by Gasteiger charge is -2.24. The third-order valence-corrected chi connectivity index (χ3v) is 4.81. The molecule has 20 heavy (non-hydrogen) atoms. The summed E-state index contributed by atoms with van der Waals surface area (Å²) >= 11 is 1.45. The Morgan fingerprint density at radius 2 is 2.20 bits per heavy atom. The van der Waals surface area contributed by atoms with Gasteiger partial charge in [-0.05, 0) is 31.7 Å². The van der Waals surface area contributed by atoms with Crippen molar-refractivity contribution in [3.8, 4) is 0 Å². The molecule has 0 saturated carbocycles. The zero-order chi connectivity index (χ0) is 13.9. The number of aromatic nitrogens is 1. The second-order valence-electron chi connectivity index (χ2n) is 5.25. The number of amides is 1. The van der Waals surface area contributed by atoms with Gasteiger partial charge in [-0.3, -0.25) is 4.79 Å². The van der Waals surface area contributed by atoms with Crippen LogP contribution in [0.3, 0.4) is 0 Å². The summed E-state index contributed by atoms with van der Waals surface area (Å²) in [5.41, 5.74) is 3.91. The minimum absolute atomic E-state index is 0.156. The molecule has 1 aromatic heterocycles. The van der Waals surface area contributed by atoms with Crippen LogP contribution in [0.2, 0.25) is 0 Å². The molecule has 1 amide bonds. The van der Waals surface area contributed by atoms with Gasteiger partial charge in [0.25, 0.3) is 5.91 Å². The smallest absolute Gasteiger partial charge is 0.266 e. The minimum Gasteiger partial charge on any atom is -0.335 e. The van der Waals surface area contributed by atoms with Gasteiger partial charge in [-0.2, -0.15) is 0 Å². The molecule has 1 atom stereocenters. The highest BCUT2D eigenvalue weighted by Gasteiger charge is 2.30. The summed E-state index contributed by atoms with van der Waals surface area (Å²) in [7, 11) is 0. The molecule has 1 aliphatic rings. The molecule has 104 valence electrons.